The molecule has 5 heteroatoms. The molecule has 2 saturated heterocycles. The summed E-state index contributed by atoms with van der Waals surface area (Å²) in [7, 11) is 0. The zero-order chi connectivity index (χ0) is 14.0. The molecule has 4 atom stereocenters. The molecule has 1 unspecified atom stereocenters. The second-order valence-corrected chi connectivity index (χ2v) is 5.82. The van der Waals surface area contributed by atoms with Crippen LogP contribution in [0, 0.1) is 23.2 Å². The Kier molecular flexibility index (Phi) is 4.43. The van der Waals surface area contributed by atoms with E-state index in [2.05, 4.69) is 13.0 Å². The van der Waals surface area contributed by atoms with Crippen molar-refractivity contribution in [3.63, 3.8) is 0 Å². The standard InChI is InChI=1S/C14H23N3O2/c1-9-7-12(8-15)17(10(9)2)14(18)13(16)11-3-5-19-6-4-11/h9-13H,3-7,16H2,1-2H3/t9-,10?,12-,13-/m0/s1. The van der Waals surface area contributed by atoms with E-state index in [1.165, 1.54) is 0 Å². The van der Waals surface area contributed by atoms with Gasteiger partial charge in [-0.2, -0.15) is 5.26 Å². The molecular weight excluding hydrogens is 242 g/mol. The van der Waals surface area contributed by atoms with Crippen LogP contribution < -0.4 is 5.73 Å². The maximum atomic E-state index is 12.6. The molecule has 0 aromatic rings. The normalized spacial score (nSPS) is 34.0. The van der Waals surface area contributed by atoms with E-state index in [9.17, 15) is 10.1 Å². The predicted molar refractivity (Wildman–Crippen MR) is 71.0 cm³/mol. The van der Waals surface area contributed by atoms with Gasteiger partial charge in [0.05, 0.1) is 12.1 Å². The van der Waals surface area contributed by atoms with E-state index >= 15 is 0 Å². The summed E-state index contributed by atoms with van der Waals surface area (Å²) in [5.41, 5.74) is 6.14. The lowest BCUT2D eigenvalue weighted by molar-refractivity contribution is -0.136. The summed E-state index contributed by atoms with van der Waals surface area (Å²) in [5, 5.41) is 9.21. The van der Waals surface area contributed by atoms with Crippen LogP contribution in [0.5, 0.6) is 0 Å². The Morgan fingerprint density at radius 2 is 2.05 bits per heavy atom. The van der Waals surface area contributed by atoms with E-state index in [0.29, 0.717) is 19.1 Å². The quantitative estimate of drug-likeness (QED) is 0.804. The number of nitrogens with two attached hydrogens (primary N) is 1. The first-order chi connectivity index (χ1) is 9.06. The topological polar surface area (TPSA) is 79.4 Å². The number of nitrogens with zero attached hydrogens (tertiary/aromatic N) is 2. The van der Waals surface area contributed by atoms with Crippen molar-refractivity contribution >= 4 is 5.91 Å². The molecule has 106 valence electrons. The Bertz CT molecular complexity index is 373. The van der Waals surface area contributed by atoms with Gasteiger partial charge in [-0.15, -0.1) is 0 Å². The van der Waals surface area contributed by atoms with E-state index in [4.69, 9.17) is 10.5 Å². The fourth-order valence-corrected chi connectivity index (χ4v) is 3.14. The molecule has 2 aliphatic rings. The smallest absolute Gasteiger partial charge is 0.241 e. The minimum Gasteiger partial charge on any atom is -0.381 e. The molecule has 5 nitrogen and oxygen atoms in total. The number of rotatable bonds is 2. The van der Waals surface area contributed by atoms with Crippen molar-refractivity contribution < 1.29 is 9.53 Å². The van der Waals surface area contributed by atoms with Gasteiger partial charge in [-0.05, 0) is 38.0 Å². The van der Waals surface area contributed by atoms with Crippen molar-refractivity contribution in [2.75, 3.05) is 13.2 Å². The van der Waals surface area contributed by atoms with Crippen LogP contribution in [-0.2, 0) is 9.53 Å². The minimum absolute atomic E-state index is 0.0599. The van der Waals surface area contributed by atoms with Gasteiger partial charge in [0.15, 0.2) is 0 Å². The number of likely N-dealkylation sites (tertiary alicyclic amines) is 1. The lowest BCUT2D eigenvalue weighted by atomic mass is 9.91. The van der Waals surface area contributed by atoms with E-state index in [1.807, 2.05) is 6.92 Å². The van der Waals surface area contributed by atoms with Crippen molar-refractivity contribution in [3.8, 4) is 6.07 Å². The fourth-order valence-electron chi connectivity index (χ4n) is 3.14. The molecule has 2 rings (SSSR count). The SMILES string of the molecule is CC1[C@@H](C)C[C@@H](C#N)N1C(=O)[C@@H](N)C1CCOCC1. The molecule has 0 aromatic heterocycles. The van der Waals surface area contributed by atoms with Crippen LogP contribution in [0.1, 0.15) is 33.1 Å². The van der Waals surface area contributed by atoms with E-state index in [1.54, 1.807) is 4.90 Å². The summed E-state index contributed by atoms with van der Waals surface area (Å²) < 4.78 is 5.30. The molecule has 0 aliphatic carbocycles. The highest BCUT2D eigenvalue weighted by Crippen LogP contribution is 2.31. The first-order valence-corrected chi connectivity index (χ1v) is 7.11. The van der Waals surface area contributed by atoms with Crippen molar-refractivity contribution in [2.45, 2.75) is 51.2 Å². The number of carbonyl (C=O) groups excluding carboxylic acids is 1. The number of hydrogen-bond donors (Lipinski definition) is 1. The summed E-state index contributed by atoms with van der Waals surface area (Å²) in [4.78, 5) is 14.3. The van der Waals surface area contributed by atoms with Crippen LogP contribution >= 0.6 is 0 Å². The van der Waals surface area contributed by atoms with Gasteiger partial charge in [-0.1, -0.05) is 6.92 Å². The average molecular weight is 265 g/mol. The van der Waals surface area contributed by atoms with E-state index < -0.39 is 6.04 Å². The molecule has 19 heavy (non-hydrogen) atoms. The summed E-state index contributed by atoms with van der Waals surface area (Å²) in [6.45, 7) is 5.46. The minimum atomic E-state index is -0.493. The lowest BCUT2D eigenvalue weighted by Gasteiger charge is -2.33. The van der Waals surface area contributed by atoms with Crippen molar-refractivity contribution in [2.24, 2.45) is 17.6 Å². The highest BCUT2D eigenvalue weighted by atomic mass is 16.5. The third-order valence-electron chi connectivity index (χ3n) is 4.66. The molecule has 2 fully saturated rings. The Labute approximate surface area is 114 Å². The van der Waals surface area contributed by atoms with Crippen LogP contribution in [-0.4, -0.2) is 42.1 Å². The van der Waals surface area contributed by atoms with Crippen molar-refractivity contribution in [3.05, 3.63) is 0 Å². The summed E-state index contributed by atoms with van der Waals surface area (Å²) in [5.74, 6) is 0.481. The molecule has 0 bridgehead atoms. The van der Waals surface area contributed by atoms with Gasteiger partial charge in [-0.25, -0.2) is 0 Å². The molecule has 2 aliphatic heterocycles. The van der Waals surface area contributed by atoms with Gasteiger partial charge in [-0.3, -0.25) is 4.79 Å². The number of amides is 1. The largest absolute Gasteiger partial charge is 0.381 e. The van der Waals surface area contributed by atoms with Crippen LogP contribution in [0.4, 0.5) is 0 Å². The van der Waals surface area contributed by atoms with Crippen LogP contribution in [0.25, 0.3) is 0 Å². The summed E-state index contributed by atoms with van der Waals surface area (Å²) in [6.07, 6.45) is 2.42. The number of nitriles is 1. The first kappa shape index (κ1) is 14.3. The zero-order valence-electron chi connectivity index (χ0n) is 11.7. The second-order valence-electron chi connectivity index (χ2n) is 5.82. The summed E-state index contributed by atoms with van der Waals surface area (Å²) in [6, 6.07) is 1.53. The third kappa shape index (κ3) is 2.75. The Hall–Kier alpha value is -1.12. The van der Waals surface area contributed by atoms with Gasteiger partial charge >= 0.3 is 0 Å². The number of carbonyl (C=O) groups is 1. The third-order valence-corrected chi connectivity index (χ3v) is 4.66. The van der Waals surface area contributed by atoms with Crippen LogP contribution in [0.3, 0.4) is 0 Å². The molecule has 0 spiro atoms. The molecule has 0 radical (unpaired) electrons. The highest BCUT2D eigenvalue weighted by Gasteiger charge is 2.42. The molecular formula is C14H23N3O2. The highest BCUT2D eigenvalue weighted by molar-refractivity contribution is 5.83. The predicted octanol–water partition coefficient (Wildman–Crippen LogP) is 0.889. The molecule has 0 aromatic carbocycles. The van der Waals surface area contributed by atoms with Gasteiger partial charge in [0.25, 0.3) is 0 Å². The Morgan fingerprint density at radius 3 is 2.63 bits per heavy atom. The monoisotopic (exact) mass is 265 g/mol. The van der Waals surface area contributed by atoms with Gasteiger partial charge in [0.1, 0.15) is 6.04 Å². The molecule has 1 amide bonds. The maximum Gasteiger partial charge on any atom is 0.241 e. The second kappa shape index (κ2) is 5.89. The first-order valence-electron chi connectivity index (χ1n) is 7.11. The number of ether oxygens (including phenoxy) is 1. The fraction of sp³-hybridized carbons (Fsp3) is 0.857. The van der Waals surface area contributed by atoms with Gasteiger partial charge < -0.3 is 15.4 Å². The lowest BCUT2D eigenvalue weighted by Crippen LogP contribution is -2.52. The molecule has 2 N–H and O–H groups in total. The molecule has 0 saturated carbocycles. The zero-order valence-corrected chi connectivity index (χ0v) is 11.7. The van der Waals surface area contributed by atoms with Crippen LogP contribution in [0.2, 0.25) is 0 Å². The van der Waals surface area contributed by atoms with Crippen molar-refractivity contribution in [1.82, 2.24) is 4.90 Å². The van der Waals surface area contributed by atoms with E-state index in [-0.39, 0.29) is 23.9 Å². The average Bonchev–Trinajstić information content (AvgIpc) is 2.73. The number of hydrogen-bond acceptors (Lipinski definition) is 4. The Morgan fingerprint density at radius 1 is 1.42 bits per heavy atom. The molecule has 2 heterocycles. The maximum absolute atomic E-state index is 12.6. The van der Waals surface area contributed by atoms with Crippen LogP contribution in [0.15, 0.2) is 0 Å². The van der Waals surface area contributed by atoms with Crippen molar-refractivity contribution in [1.29, 1.82) is 5.26 Å². The van der Waals surface area contributed by atoms with Gasteiger partial charge in [0, 0.05) is 19.3 Å². The Balaban J connectivity index is 2.07. The van der Waals surface area contributed by atoms with E-state index in [0.717, 1.165) is 19.3 Å². The summed E-state index contributed by atoms with van der Waals surface area (Å²) >= 11 is 0. The van der Waals surface area contributed by atoms with Gasteiger partial charge in [0.2, 0.25) is 5.91 Å².